The van der Waals surface area contributed by atoms with Crippen molar-refractivity contribution in [3.8, 4) is 6.07 Å². The molecule has 26 heavy (non-hydrogen) atoms. The fraction of sp³-hybridized carbons (Fsp3) is 0.211. The molecule has 1 aliphatic heterocycles. The number of pyridine rings is 1. The Bertz CT molecular complexity index is 918. The second-order valence-corrected chi connectivity index (χ2v) is 6.60. The number of carbonyl (C=O) groups excluding carboxylic acids is 1. The van der Waals surface area contributed by atoms with Gasteiger partial charge in [-0.3, -0.25) is 9.78 Å². The maximum absolute atomic E-state index is 12.4. The Morgan fingerprint density at radius 3 is 2.92 bits per heavy atom. The molecular weight excluding hydrogens is 371 g/mol. The summed E-state index contributed by atoms with van der Waals surface area (Å²) in [4.78, 5) is 16.8. The highest BCUT2D eigenvalue weighted by Gasteiger charge is 2.17. The number of rotatable bonds is 4. The van der Waals surface area contributed by atoms with Crippen LogP contribution in [0.3, 0.4) is 0 Å². The third-order valence-electron chi connectivity index (χ3n) is 4.09. The lowest BCUT2D eigenvalue weighted by atomic mass is 9.96. The molecule has 0 fully saturated rings. The Balaban J connectivity index is 1.83. The molecule has 1 aliphatic rings. The SMILES string of the molecule is N#Cc1c(CC(=O)Nc2cccc(Cl)c2Cl)ccnc1C1=CCNCC1. The number of hydrogen-bond acceptors (Lipinski definition) is 4. The molecule has 2 N–H and O–H groups in total. The number of hydrogen-bond donors (Lipinski definition) is 2. The molecule has 0 saturated heterocycles. The molecule has 0 bridgehead atoms. The van der Waals surface area contributed by atoms with E-state index in [4.69, 9.17) is 23.2 Å². The zero-order valence-corrected chi connectivity index (χ0v) is 15.4. The van der Waals surface area contributed by atoms with Crippen molar-refractivity contribution >= 4 is 40.4 Å². The van der Waals surface area contributed by atoms with Gasteiger partial charge in [0.15, 0.2) is 0 Å². The van der Waals surface area contributed by atoms with E-state index in [1.807, 2.05) is 6.08 Å². The Morgan fingerprint density at radius 2 is 2.19 bits per heavy atom. The largest absolute Gasteiger partial charge is 0.324 e. The van der Waals surface area contributed by atoms with Crippen molar-refractivity contribution in [2.45, 2.75) is 12.8 Å². The molecular formula is C19H16Cl2N4O. The number of anilines is 1. The van der Waals surface area contributed by atoms with Crippen molar-refractivity contribution in [1.29, 1.82) is 5.26 Å². The van der Waals surface area contributed by atoms with Crippen molar-refractivity contribution in [3.63, 3.8) is 0 Å². The van der Waals surface area contributed by atoms with Gasteiger partial charge in [0.05, 0.1) is 33.4 Å². The Morgan fingerprint density at radius 1 is 1.35 bits per heavy atom. The standard InChI is InChI=1S/C19H16Cl2N4O/c20-15-2-1-3-16(18(15)21)25-17(26)10-13-6-9-24-19(14(13)11-22)12-4-7-23-8-5-12/h1-4,6,9,23H,5,7-8,10H2,(H,25,26). The molecule has 0 radical (unpaired) electrons. The van der Waals surface area contributed by atoms with Crippen LogP contribution in [0.25, 0.3) is 5.57 Å². The summed E-state index contributed by atoms with van der Waals surface area (Å²) in [5, 5.41) is 16.2. The molecule has 0 saturated carbocycles. The lowest BCUT2D eigenvalue weighted by molar-refractivity contribution is -0.115. The number of amides is 1. The molecule has 0 atom stereocenters. The monoisotopic (exact) mass is 386 g/mol. The first-order chi connectivity index (χ1) is 12.6. The highest BCUT2D eigenvalue weighted by Crippen LogP contribution is 2.30. The van der Waals surface area contributed by atoms with Crippen molar-refractivity contribution in [2.24, 2.45) is 0 Å². The number of nitrogens with zero attached hydrogens (tertiary/aromatic N) is 2. The summed E-state index contributed by atoms with van der Waals surface area (Å²) in [6.45, 7) is 1.59. The highest BCUT2D eigenvalue weighted by atomic mass is 35.5. The fourth-order valence-corrected chi connectivity index (χ4v) is 3.17. The van der Waals surface area contributed by atoms with E-state index in [2.05, 4.69) is 21.7 Å². The van der Waals surface area contributed by atoms with E-state index in [-0.39, 0.29) is 12.3 Å². The second kappa shape index (κ2) is 8.33. The number of nitriles is 1. The Labute approximate surface area is 161 Å². The molecule has 0 spiro atoms. The van der Waals surface area contributed by atoms with E-state index in [9.17, 15) is 10.1 Å². The van der Waals surface area contributed by atoms with Gasteiger partial charge in [-0.2, -0.15) is 5.26 Å². The zero-order chi connectivity index (χ0) is 18.5. The third-order valence-corrected chi connectivity index (χ3v) is 4.91. The van der Waals surface area contributed by atoms with E-state index < -0.39 is 0 Å². The van der Waals surface area contributed by atoms with Crippen molar-refractivity contribution in [1.82, 2.24) is 10.3 Å². The van der Waals surface area contributed by atoms with Crippen LogP contribution in [-0.2, 0) is 11.2 Å². The number of nitrogens with one attached hydrogen (secondary N) is 2. The predicted molar refractivity (Wildman–Crippen MR) is 103 cm³/mol. The quantitative estimate of drug-likeness (QED) is 0.836. The van der Waals surface area contributed by atoms with Crippen molar-refractivity contribution in [2.75, 3.05) is 18.4 Å². The van der Waals surface area contributed by atoms with Crippen LogP contribution in [0.5, 0.6) is 0 Å². The highest BCUT2D eigenvalue weighted by molar-refractivity contribution is 6.44. The first kappa shape index (κ1) is 18.4. The van der Waals surface area contributed by atoms with Gasteiger partial charge in [-0.15, -0.1) is 0 Å². The van der Waals surface area contributed by atoms with Gasteiger partial charge in [0, 0.05) is 12.7 Å². The average molecular weight is 387 g/mol. The second-order valence-electron chi connectivity index (χ2n) is 5.82. The minimum Gasteiger partial charge on any atom is -0.324 e. The number of carbonyl (C=O) groups is 1. The minimum atomic E-state index is -0.276. The first-order valence-electron chi connectivity index (χ1n) is 8.12. The maximum Gasteiger partial charge on any atom is 0.228 e. The van der Waals surface area contributed by atoms with E-state index >= 15 is 0 Å². The molecule has 1 aromatic carbocycles. The Hall–Kier alpha value is -2.39. The topological polar surface area (TPSA) is 77.8 Å². The average Bonchev–Trinajstić information content (AvgIpc) is 2.66. The van der Waals surface area contributed by atoms with Crippen LogP contribution in [0, 0.1) is 11.3 Å². The third kappa shape index (κ3) is 4.05. The van der Waals surface area contributed by atoms with Gasteiger partial charge < -0.3 is 10.6 Å². The molecule has 5 nitrogen and oxygen atoms in total. The summed E-state index contributed by atoms with van der Waals surface area (Å²) < 4.78 is 0. The summed E-state index contributed by atoms with van der Waals surface area (Å²) in [6, 6.07) is 8.93. The molecule has 132 valence electrons. The molecule has 0 aliphatic carbocycles. The number of aromatic nitrogens is 1. The molecule has 2 aromatic rings. The van der Waals surface area contributed by atoms with Crippen LogP contribution in [0.1, 0.15) is 23.2 Å². The molecule has 1 aromatic heterocycles. The summed E-state index contributed by atoms with van der Waals surface area (Å²) in [7, 11) is 0. The van der Waals surface area contributed by atoms with Crippen LogP contribution < -0.4 is 10.6 Å². The van der Waals surface area contributed by atoms with Crippen LogP contribution in [0.4, 0.5) is 5.69 Å². The van der Waals surface area contributed by atoms with Gasteiger partial charge in [0.25, 0.3) is 0 Å². The normalized spacial score (nSPS) is 13.7. The van der Waals surface area contributed by atoms with Crippen LogP contribution in [-0.4, -0.2) is 24.0 Å². The van der Waals surface area contributed by atoms with E-state index in [0.717, 1.165) is 25.1 Å². The number of benzene rings is 1. The van der Waals surface area contributed by atoms with Crippen LogP contribution >= 0.6 is 23.2 Å². The van der Waals surface area contributed by atoms with Crippen LogP contribution in [0.15, 0.2) is 36.5 Å². The summed E-state index contributed by atoms with van der Waals surface area (Å²) in [6.07, 6.45) is 4.51. The van der Waals surface area contributed by atoms with E-state index in [1.54, 1.807) is 30.5 Å². The van der Waals surface area contributed by atoms with Crippen molar-refractivity contribution < 1.29 is 4.79 Å². The summed E-state index contributed by atoms with van der Waals surface area (Å²) >= 11 is 12.1. The molecule has 3 rings (SSSR count). The first-order valence-corrected chi connectivity index (χ1v) is 8.87. The van der Waals surface area contributed by atoms with Crippen LogP contribution in [0.2, 0.25) is 10.0 Å². The fourth-order valence-electron chi connectivity index (χ4n) is 2.82. The van der Waals surface area contributed by atoms with Gasteiger partial charge in [-0.1, -0.05) is 35.3 Å². The van der Waals surface area contributed by atoms with E-state index in [1.165, 1.54) is 0 Å². The van der Waals surface area contributed by atoms with Crippen molar-refractivity contribution in [3.05, 3.63) is 63.4 Å². The number of halogens is 2. The maximum atomic E-state index is 12.4. The smallest absolute Gasteiger partial charge is 0.228 e. The van der Waals surface area contributed by atoms with Gasteiger partial charge in [-0.05, 0) is 42.3 Å². The lowest BCUT2D eigenvalue weighted by Gasteiger charge is -2.16. The predicted octanol–water partition coefficient (Wildman–Crippen LogP) is 3.82. The van der Waals surface area contributed by atoms with Gasteiger partial charge in [-0.25, -0.2) is 0 Å². The van der Waals surface area contributed by atoms with Gasteiger partial charge >= 0.3 is 0 Å². The lowest BCUT2D eigenvalue weighted by Crippen LogP contribution is -2.21. The summed E-state index contributed by atoms with van der Waals surface area (Å²) in [5.41, 5.74) is 3.19. The van der Waals surface area contributed by atoms with E-state index in [0.29, 0.717) is 32.6 Å². The molecule has 7 heteroatoms. The molecule has 0 unspecified atom stereocenters. The molecule has 1 amide bonds. The summed E-state index contributed by atoms with van der Waals surface area (Å²) in [5.74, 6) is -0.276. The van der Waals surface area contributed by atoms with Gasteiger partial charge in [0.1, 0.15) is 6.07 Å². The molecule has 2 heterocycles. The Kier molecular flexibility index (Phi) is 5.89. The van der Waals surface area contributed by atoms with Gasteiger partial charge in [0.2, 0.25) is 5.91 Å². The minimum absolute atomic E-state index is 0.0484. The zero-order valence-electron chi connectivity index (χ0n) is 13.9.